The molecule has 0 unspecified atom stereocenters. The Kier molecular flexibility index (Phi) is 6.53. The van der Waals surface area contributed by atoms with Gasteiger partial charge in [0, 0.05) is 12.5 Å². The SMILES string of the molecule is CC(=O)[C@@H]1CCCCN1S(=O)(=O)N[C@H](c1n[nH]c(=O)o1)[C@@H](C)c1c(C)cccc1F. The molecule has 2 N–H and O–H groups in total. The lowest BCUT2D eigenvalue weighted by Crippen LogP contribution is -2.52. The summed E-state index contributed by atoms with van der Waals surface area (Å²) in [6, 6.07) is 2.60. The summed E-state index contributed by atoms with van der Waals surface area (Å²) in [5.41, 5.74) is 0.891. The van der Waals surface area contributed by atoms with Crippen molar-refractivity contribution in [2.75, 3.05) is 6.54 Å². The van der Waals surface area contributed by atoms with Crippen molar-refractivity contribution in [2.45, 2.75) is 58.0 Å². The predicted octanol–water partition coefficient (Wildman–Crippen LogP) is 1.93. The third kappa shape index (κ3) is 4.52. The van der Waals surface area contributed by atoms with Gasteiger partial charge in [-0.2, -0.15) is 17.4 Å². The molecule has 0 aliphatic carbocycles. The Hall–Kier alpha value is -2.37. The van der Waals surface area contributed by atoms with Crippen LogP contribution in [-0.2, 0) is 15.0 Å². The smallest absolute Gasteiger partial charge is 0.391 e. The molecule has 0 amide bonds. The number of nitrogens with one attached hydrogen (secondary N) is 2. The Morgan fingerprint density at radius 1 is 1.40 bits per heavy atom. The number of rotatable bonds is 7. The number of hydrogen-bond acceptors (Lipinski definition) is 6. The summed E-state index contributed by atoms with van der Waals surface area (Å²) in [5, 5.41) is 5.87. The van der Waals surface area contributed by atoms with Crippen LogP contribution >= 0.6 is 0 Å². The molecule has 164 valence electrons. The van der Waals surface area contributed by atoms with Crippen LogP contribution in [0.25, 0.3) is 0 Å². The van der Waals surface area contributed by atoms with Crippen LogP contribution in [0.1, 0.15) is 62.1 Å². The highest BCUT2D eigenvalue weighted by Crippen LogP contribution is 2.34. The second-order valence-electron chi connectivity index (χ2n) is 7.54. The number of benzene rings is 1. The first kappa shape index (κ1) is 22.3. The van der Waals surface area contributed by atoms with Crippen molar-refractivity contribution in [3.8, 4) is 0 Å². The van der Waals surface area contributed by atoms with Crippen LogP contribution in [-0.4, -0.2) is 41.3 Å². The Balaban J connectivity index is 2.01. The molecule has 0 saturated carbocycles. The van der Waals surface area contributed by atoms with Crippen molar-refractivity contribution in [3.05, 3.63) is 51.6 Å². The standard InChI is InChI=1S/C19H25FN4O5S/c1-11-7-6-8-14(20)16(11)12(2)17(18-21-22-19(26)29-18)23-30(27,28)24-10-5-4-9-15(24)13(3)25/h6-8,12,15,17,23H,4-5,9-10H2,1-3H3,(H,22,26)/t12-,15-,17-/m0/s1. The highest BCUT2D eigenvalue weighted by molar-refractivity contribution is 7.87. The molecule has 1 saturated heterocycles. The summed E-state index contributed by atoms with van der Waals surface area (Å²) in [6.07, 6.45) is 1.80. The van der Waals surface area contributed by atoms with Crippen LogP contribution in [0.2, 0.25) is 0 Å². The van der Waals surface area contributed by atoms with Gasteiger partial charge in [0.15, 0.2) is 0 Å². The van der Waals surface area contributed by atoms with Gasteiger partial charge in [0.25, 0.3) is 10.2 Å². The zero-order valence-electron chi connectivity index (χ0n) is 17.0. The van der Waals surface area contributed by atoms with Crippen molar-refractivity contribution < 1.29 is 22.0 Å². The van der Waals surface area contributed by atoms with Gasteiger partial charge in [-0.15, -0.1) is 5.10 Å². The minimum Gasteiger partial charge on any atom is -0.391 e. The fourth-order valence-electron chi connectivity index (χ4n) is 3.96. The van der Waals surface area contributed by atoms with Gasteiger partial charge in [0.05, 0.1) is 6.04 Å². The molecular weight excluding hydrogens is 415 g/mol. The zero-order chi connectivity index (χ0) is 22.1. The van der Waals surface area contributed by atoms with Gasteiger partial charge in [0.2, 0.25) is 5.89 Å². The quantitative estimate of drug-likeness (QED) is 0.678. The highest BCUT2D eigenvalue weighted by atomic mass is 32.2. The molecule has 2 heterocycles. The van der Waals surface area contributed by atoms with E-state index in [1.165, 1.54) is 13.0 Å². The molecule has 30 heavy (non-hydrogen) atoms. The predicted molar refractivity (Wildman–Crippen MR) is 106 cm³/mol. The second-order valence-corrected chi connectivity index (χ2v) is 9.20. The zero-order valence-corrected chi connectivity index (χ0v) is 17.8. The first-order valence-electron chi connectivity index (χ1n) is 9.71. The van der Waals surface area contributed by atoms with Crippen LogP contribution in [0.15, 0.2) is 27.4 Å². The molecule has 2 aromatic rings. The van der Waals surface area contributed by atoms with Crippen molar-refractivity contribution in [1.29, 1.82) is 0 Å². The normalized spacial score (nSPS) is 20.1. The van der Waals surface area contributed by atoms with Crippen molar-refractivity contribution in [1.82, 2.24) is 19.2 Å². The first-order chi connectivity index (χ1) is 14.1. The summed E-state index contributed by atoms with van der Waals surface area (Å²) in [5.74, 6) is -2.58. The van der Waals surface area contributed by atoms with Crippen LogP contribution in [0.4, 0.5) is 4.39 Å². The first-order valence-corrected chi connectivity index (χ1v) is 11.2. The van der Waals surface area contributed by atoms with Crippen LogP contribution in [0.3, 0.4) is 0 Å². The third-order valence-electron chi connectivity index (χ3n) is 5.45. The molecule has 0 spiro atoms. The molecule has 1 aliphatic rings. The van der Waals surface area contributed by atoms with E-state index in [2.05, 4.69) is 14.9 Å². The van der Waals surface area contributed by atoms with E-state index in [-0.39, 0.29) is 23.8 Å². The average Bonchev–Trinajstić information content (AvgIpc) is 3.12. The molecule has 1 aromatic heterocycles. The van der Waals surface area contributed by atoms with E-state index < -0.39 is 39.8 Å². The molecule has 3 rings (SSSR count). The van der Waals surface area contributed by atoms with Gasteiger partial charge in [0.1, 0.15) is 17.6 Å². The maximum Gasteiger partial charge on any atom is 0.434 e. The summed E-state index contributed by atoms with van der Waals surface area (Å²) < 4.78 is 49.6. The topological polar surface area (TPSA) is 125 Å². The summed E-state index contributed by atoms with van der Waals surface area (Å²) in [7, 11) is -4.17. The number of aromatic amines is 1. The number of Topliss-reactive ketones (excluding diaryl/α,β-unsaturated/α-hetero) is 1. The number of aryl methyl sites for hydroxylation is 1. The monoisotopic (exact) mass is 440 g/mol. The number of H-pyrrole nitrogens is 1. The minimum atomic E-state index is -4.17. The molecule has 11 heteroatoms. The Bertz CT molecular complexity index is 1060. The number of nitrogens with zero attached hydrogens (tertiary/aromatic N) is 2. The maximum absolute atomic E-state index is 14.6. The molecule has 1 fully saturated rings. The molecule has 1 aliphatic heterocycles. The van der Waals surface area contributed by atoms with E-state index in [4.69, 9.17) is 4.42 Å². The number of carbonyl (C=O) groups excluding carboxylic acids is 1. The Morgan fingerprint density at radius 3 is 2.73 bits per heavy atom. The number of aromatic nitrogens is 2. The molecular formula is C19H25FN4O5S. The second kappa shape index (κ2) is 8.78. The van der Waals surface area contributed by atoms with E-state index in [1.54, 1.807) is 26.0 Å². The van der Waals surface area contributed by atoms with E-state index >= 15 is 0 Å². The maximum atomic E-state index is 14.6. The average molecular weight is 440 g/mol. The van der Waals surface area contributed by atoms with Gasteiger partial charge in [-0.05, 0) is 43.9 Å². The fraction of sp³-hybridized carbons (Fsp3) is 0.526. The lowest BCUT2D eigenvalue weighted by atomic mass is 9.90. The van der Waals surface area contributed by atoms with Crippen LogP contribution < -0.4 is 10.5 Å². The third-order valence-corrected chi connectivity index (χ3v) is 7.06. The molecule has 0 radical (unpaired) electrons. The van der Waals surface area contributed by atoms with Gasteiger partial charge < -0.3 is 4.42 Å². The number of halogens is 1. The Morgan fingerprint density at radius 2 is 2.13 bits per heavy atom. The molecule has 9 nitrogen and oxygen atoms in total. The molecule has 1 aromatic carbocycles. The van der Waals surface area contributed by atoms with Crippen molar-refractivity contribution >= 4 is 16.0 Å². The number of piperidine rings is 1. The summed E-state index contributed by atoms with van der Waals surface area (Å²) in [6.45, 7) is 4.86. The Labute approximate surface area is 173 Å². The lowest BCUT2D eigenvalue weighted by molar-refractivity contribution is -0.121. The van der Waals surface area contributed by atoms with E-state index in [9.17, 15) is 22.4 Å². The van der Waals surface area contributed by atoms with E-state index in [1.807, 2.05) is 0 Å². The van der Waals surface area contributed by atoms with Crippen molar-refractivity contribution in [2.24, 2.45) is 0 Å². The van der Waals surface area contributed by atoms with Crippen LogP contribution in [0, 0.1) is 12.7 Å². The van der Waals surface area contributed by atoms with Crippen LogP contribution in [0.5, 0.6) is 0 Å². The number of ketones is 1. The molecule has 3 atom stereocenters. The molecule has 0 bridgehead atoms. The summed E-state index contributed by atoms with van der Waals surface area (Å²) >= 11 is 0. The van der Waals surface area contributed by atoms with Gasteiger partial charge in [-0.25, -0.2) is 14.3 Å². The fourth-order valence-corrected chi connectivity index (χ4v) is 5.68. The van der Waals surface area contributed by atoms with Gasteiger partial charge in [-0.3, -0.25) is 4.79 Å². The van der Waals surface area contributed by atoms with E-state index in [0.29, 0.717) is 18.4 Å². The highest BCUT2D eigenvalue weighted by Gasteiger charge is 2.39. The number of carbonyl (C=O) groups is 1. The van der Waals surface area contributed by atoms with Crippen molar-refractivity contribution in [3.63, 3.8) is 0 Å². The van der Waals surface area contributed by atoms with E-state index in [0.717, 1.165) is 10.7 Å². The summed E-state index contributed by atoms with van der Waals surface area (Å²) in [4.78, 5) is 23.5. The number of hydrogen-bond donors (Lipinski definition) is 2. The largest absolute Gasteiger partial charge is 0.434 e. The van der Waals surface area contributed by atoms with Gasteiger partial charge >= 0.3 is 5.76 Å². The lowest BCUT2D eigenvalue weighted by Gasteiger charge is -2.34. The minimum absolute atomic E-state index is 0.184. The van der Waals surface area contributed by atoms with Gasteiger partial charge in [-0.1, -0.05) is 25.5 Å².